The van der Waals surface area contributed by atoms with Crippen molar-refractivity contribution in [2.75, 3.05) is 18.1 Å². The summed E-state index contributed by atoms with van der Waals surface area (Å²) >= 11 is 6.02. The zero-order chi connectivity index (χ0) is 10.3. The number of hydrogen-bond donors (Lipinski definition) is 1. The van der Waals surface area contributed by atoms with E-state index in [1.165, 1.54) is 6.26 Å². The molecule has 1 aliphatic heterocycles. The average molecular weight is 268 g/mol. The van der Waals surface area contributed by atoms with Gasteiger partial charge in [0, 0.05) is 18.5 Å². The van der Waals surface area contributed by atoms with E-state index in [0.717, 1.165) is 24.2 Å². The Balaban J connectivity index is 0.00000112. The Kier molecular flexibility index (Phi) is 3.53. The highest BCUT2D eigenvalue weighted by atomic mass is 35.5. The van der Waals surface area contributed by atoms with Crippen LogP contribution < -0.4 is 5.32 Å². The average Bonchev–Trinajstić information content (AvgIpc) is 2.50. The number of halogens is 2. The Hall–Kier alpha value is -0.450. The molecular formula is C9H11Cl2NO2S. The Morgan fingerprint density at radius 3 is 2.67 bits per heavy atom. The van der Waals surface area contributed by atoms with Crippen LogP contribution in [0, 0.1) is 0 Å². The largest absolute Gasteiger partial charge is 0.384 e. The summed E-state index contributed by atoms with van der Waals surface area (Å²) in [7, 11) is -3.21. The van der Waals surface area contributed by atoms with Gasteiger partial charge in [-0.15, -0.1) is 12.4 Å². The minimum absolute atomic E-state index is 0. The van der Waals surface area contributed by atoms with Gasteiger partial charge in [0.25, 0.3) is 0 Å². The van der Waals surface area contributed by atoms with Gasteiger partial charge in [0.2, 0.25) is 0 Å². The molecule has 0 fully saturated rings. The van der Waals surface area contributed by atoms with E-state index in [1.54, 1.807) is 12.1 Å². The molecule has 0 unspecified atom stereocenters. The summed E-state index contributed by atoms with van der Waals surface area (Å²) in [6.45, 7) is 0.822. The molecule has 2 rings (SSSR count). The van der Waals surface area contributed by atoms with Gasteiger partial charge in [-0.25, -0.2) is 8.42 Å². The highest BCUT2D eigenvalue weighted by molar-refractivity contribution is 7.90. The minimum Gasteiger partial charge on any atom is -0.384 e. The van der Waals surface area contributed by atoms with E-state index in [4.69, 9.17) is 11.6 Å². The second-order valence-corrected chi connectivity index (χ2v) is 5.71. The second-order valence-electron chi connectivity index (χ2n) is 3.35. The van der Waals surface area contributed by atoms with Crippen molar-refractivity contribution in [2.24, 2.45) is 0 Å². The van der Waals surface area contributed by atoms with Crippen molar-refractivity contribution in [3.63, 3.8) is 0 Å². The molecule has 0 spiro atoms. The standard InChI is InChI=1S/C9H10ClNO2S.ClH/c1-14(12,13)8-3-2-7-6(9(8)10)4-5-11-7;/h2-3,11H,4-5H2,1H3;1H. The SMILES string of the molecule is CS(=O)(=O)c1ccc2c(c1Cl)CCN2.Cl. The van der Waals surface area contributed by atoms with Crippen molar-refractivity contribution in [1.29, 1.82) is 0 Å². The number of hydrogen-bond acceptors (Lipinski definition) is 3. The van der Waals surface area contributed by atoms with E-state index >= 15 is 0 Å². The highest BCUT2D eigenvalue weighted by Gasteiger charge is 2.20. The molecule has 0 aliphatic carbocycles. The van der Waals surface area contributed by atoms with Crippen LogP contribution in [-0.4, -0.2) is 21.2 Å². The number of fused-ring (bicyclic) bond motifs is 1. The first kappa shape index (κ1) is 12.6. The number of benzene rings is 1. The van der Waals surface area contributed by atoms with E-state index < -0.39 is 9.84 Å². The predicted molar refractivity (Wildman–Crippen MR) is 64.0 cm³/mol. The van der Waals surface area contributed by atoms with Gasteiger partial charge in [-0.3, -0.25) is 0 Å². The van der Waals surface area contributed by atoms with E-state index in [1.807, 2.05) is 0 Å². The first-order valence-corrected chi connectivity index (χ1v) is 6.52. The van der Waals surface area contributed by atoms with Gasteiger partial charge in [-0.1, -0.05) is 11.6 Å². The van der Waals surface area contributed by atoms with Crippen LogP contribution in [-0.2, 0) is 16.3 Å². The van der Waals surface area contributed by atoms with Gasteiger partial charge in [-0.2, -0.15) is 0 Å². The zero-order valence-electron chi connectivity index (χ0n) is 8.08. The zero-order valence-corrected chi connectivity index (χ0v) is 10.5. The van der Waals surface area contributed by atoms with Gasteiger partial charge in [-0.05, 0) is 24.1 Å². The number of anilines is 1. The van der Waals surface area contributed by atoms with Crippen molar-refractivity contribution in [2.45, 2.75) is 11.3 Å². The summed E-state index contributed by atoms with van der Waals surface area (Å²) in [4.78, 5) is 0.224. The first-order chi connectivity index (χ1) is 6.50. The van der Waals surface area contributed by atoms with E-state index in [9.17, 15) is 8.42 Å². The third-order valence-electron chi connectivity index (χ3n) is 2.30. The van der Waals surface area contributed by atoms with Crippen molar-refractivity contribution in [1.82, 2.24) is 0 Å². The van der Waals surface area contributed by atoms with Gasteiger partial charge in [0.1, 0.15) is 0 Å². The predicted octanol–water partition coefficient (Wildman–Crippen LogP) is 2.13. The second kappa shape index (κ2) is 4.20. The molecule has 1 N–H and O–H groups in total. The molecule has 1 aliphatic rings. The smallest absolute Gasteiger partial charge is 0.177 e. The van der Waals surface area contributed by atoms with Crippen molar-refractivity contribution in [3.05, 3.63) is 22.7 Å². The number of rotatable bonds is 1. The molecular weight excluding hydrogens is 257 g/mol. The van der Waals surface area contributed by atoms with Crippen LogP contribution >= 0.6 is 24.0 Å². The summed E-state index contributed by atoms with van der Waals surface area (Å²) in [6, 6.07) is 3.32. The summed E-state index contributed by atoms with van der Waals surface area (Å²) < 4.78 is 22.7. The fourth-order valence-corrected chi connectivity index (χ4v) is 3.06. The molecule has 1 heterocycles. The molecule has 0 amide bonds. The summed E-state index contributed by atoms with van der Waals surface area (Å²) in [5.74, 6) is 0. The molecule has 6 heteroatoms. The van der Waals surface area contributed by atoms with Crippen LogP contribution in [0.5, 0.6) is 0 Å². The van der Waals surface area contributed by atoms with E-state index in [2.05, 4.69) is 5.32 Å². The van der Waals surface area contributed by atoms with E-state index in [-0.39, 0.29) is 17.3 Å². The molecule has 1 aromatic rings. The maximum atomic E-state index is 11.3. The normalized spacial score (nSPS) is 14.0. The topological polar surface area (TPSA) is 46.2 Å². The minimum atomic E-state index is -3.21. The molecule has 1 aromatic carbocycles. The lowest BCUT2D eigenvalue weighted by atomic mass is 10.2. The Labute approximate surface area is 100 Å². The molecule has 0 saturated heterocycles. The first-order valence-electron chi connectivity index (χ1n) is 4.25. The van der Waals surface area contributed by atoms with Gasteiger partial charge in [0.15, 0.2) is 9.84 Å². The summed E-state index contributed by atoms with van der Waals surface area (Å²) in [5, 5.41) is 3.51. The lowest BCUT2D eigenvalue weighted by Crippen LogP contribution is -1.99. The van der Waals surface area contributed by atoms with Gasteiger partial charge >= 0.3 is 0 Å². The fourth-order valence-electron chi connectivity index (χ4n) is 1.62. The van der Waals surface area contributed by atoms with Crippen LogP contribution in [0.15, 0.2) is 17.0 Å². The molecule has 0 atom stereocenters. The van der Waals surface area contributed by atoms with Gasteiger partial charge < -0.3 is 5.32 Å². The van der Waals surface area contributed by atoms with Crippen molar-refractivity contribution < 1.29 is 8.42 Å². The molecule has 3 nitrogen and oxygen atoms in total. The van der Waals surface area contributed by atoms with Gasteiger partial charge in [0.05, 0.1) is 9.92 Å². The van der Waals surface area contributed by atoms with Crippen LogP contribution in [0.4, 0.5) is 5.69 Å². The Morgan fingerprint density at radius 2 is 2.07 bits per heavy atom. The van der Waals surface area contributed by atoms with E-state index in [0.29, 0.717) is 5.02 Å². The molecule has 0 bridgehead atoms. The molecule has 84 valence electrons. The maximum absolute atomic E-state index is 11.3. The van der Waals surface area contributed by atoms with Crippen LogP contribution in [0.3, 0.4) is 0 Å². The summed E-state index contributed by atoms with van der Waals surface area (Å²) in [5.41, 5.74) is 1.86. The molecule has 0 aromatic heterocycles. The van der Waals surface area contributed by atoms with Crippen LogP contribution in [0.2, 0.25) is 5.02 Å². The van der Waals surface area contributed by atoms with Crippen molar-refractivity contribution in [3.8, 4) is 0 Å². The summed E-state index contributed by atoms with van der Waals surface area (Å²) in [6.07, 6.45) is 1.96. The molecule has 0 saturated carbocycles. The van der Waals surface area contributed by atoms with Crippen molar-refractivity contribution >= 4 is 39.5 Å². The Morgan fingerprint density at radius 1 is 1.40 bits per heavy atom. The quantitative estimate of drug-likeness (QED) is 0.848. The third kappa shape index (κ3) is 2.22. The monoisotopic (exact) mass is 267 g/mol. The Bertz CT molecular complexity index is 485. The lowest BCUT2D eigenvalue weighted by molar-refractivity contribution is 0.602. The number of sulfone groups is 1. The van der Waals surface area contributed by atoms with Crippen LogP contribution in [0.1, 0.15) is 5.56 Å². The fraction of sp³-hybridized carbons (Fsp3) is 0.333. The third-order valence-corrected chi connectivity index (χ3v) is 3.98. The number of nitrogens with one attached hydrogen (secondary N) is 1. The lowest BCUT2D eigenvalue weighted by Gasteiger charge is -2.06. The molecule has 15 heavy (non-hydrogen) atoms. The highest BCUT2D eigenvalue weighted by Crippen LogP contribution is 2.34. The van der Waals surface area contributed by atoms with Crippen LogP contribution in [0.25, 0.3) is 0 Å². The molecule has 0 radical (unpaired) electrons. The maximum Gasteiger partial charge on any atom is 0.177 e.